The predicted octanol–water partition coefficient (Wildman–Crippen LogP) is 0.797. The lowest BCUT2D eigenvalue weighted by Crippen LogP contribution is -1.95. The zero-order valence-electron chi connectivity index (χ0n) is 6.86. The second-order valence-corrected chi connectivity index (χ2v) is 3.24. The van der Waals surface area contributed by atoms with Gasteiger partial charge in [-0.15, -0.1) is 11.8 Å². The summed E-state index contributed by atoms with van der Waals surface area (Å²) in [7, 11) is 1.67. The minimum absolute atomic E-state index is 0.456. The van der Waals surface area contributed by atoms with Gasteiger partial charge < -0.3 is 10.5 Å². The Morgan fingerprint density at radius 1 is 1.58 bits per heavy atom. The fraction of sp³-hybridized carbons (Fsp3) is 0.429. The molecule has 0 unspecified atom stereocenters. The normalized spacial score (nSPS) is 10.1. The Morgan fingerprint density at radius 3 is 3.08 bits per heavy atom. The Balaban J connectivity index is 2.41. The van der Waals surface area contributed by atoms with Gasteiger partial charge in [-0.1, -0.05) is 0 Å². The third kappa shape index (κ3) is 3.06. The van der Waals surface area contributed by atoms with Crippen molar-refractivity contribution in [3.63, 3.8) is 0 Å². The van der Waals surface area contributed by atoms with Crippen molar-refractivity contribution in [3.05, 3.63) is 12.4 Å². The topological polar surface area (TPSA) is 61.0 Å². The zero-order valence-corrected chi connectivity index (χ0v) is 7.67. The molecule has 0 aliphatic heterocycles. The lowest BCUT2D eigenvalue weighted by atomic mass is 10.7. The van der Waals surface area contributed by atoms with Crippen LogP contribution in [0.2, 0.25) is 0 Å². The number of thioether (sulfide) groups is 1. The lowest BCUT2D eigenvalue weighted by molar-refractivity contribution is 0.218. The first-order chi connectivity index (χ1) is 5.83. The van der Waals surface area contributed by atoms with Crippen LogP contribution in [0.4, 0.5) is 5.82 Å². The molecule has 0 saturated carbocycles. The molecular weight excluding hydrogens is 174 g/mol. The van der Waals surface area contributed by atoms with Gasteiger partial charge in [-0.3, -0.25) is 4.98 Å². The molecule has 0 spiro atoms. The van der Waals surface area contributed by atoms with Gasteiger partial charge in [0.15, 0.2) is 0 Å². The summed E-state index contributed by atoms with van der Waals surface area (Å²) in [4.78, 5) is 7.98. The number of nitrogens with zero attached hydrogens (tertiary/aromatic N) is 2. The fourth-order valence-electron chi connectivity index (χ4n) is 0.661. The monoisotopic (exact) mass is 185 g/mol. The van der Waals surface area contributed by atoms with Gasteiger partial charge in [0, 0.05) is 12.9 Å². The van der Waals surface area contributed by atoms with E-state index in [1.165, 1.54) is 6.20 Å². The van der Waals surface area contributed by atoms with Crippen molar-refractivity contribution in [1.82, 2.24) is 9.97 Å². The summed E-state index contributed by atoms with van der Waals surface area (Å²) in [5, 5.41) is 0.840. The first-order valence-electron chi connectivity index (χ1n) is 3.52. The van der Waals surface area contributed by atoms with Gasteiger partial charge in [0.25, 0.3) is 0 Å². The molecule has 4 nitrogen and oxygen atoms in total. The van der Waals surface area contributed by atoms with Crippen LogP contribution in [0.1, 0.15) is 0 Å². The van der Waals surface area contributed by atoms with E-state index in [0.717, 1.165) is 10.8 Å². The molecule has 1 rings (SSSR count). The highest BCUT2D eigenvalue weighted by Crippen LogP contribution is 2.13. The van der Waals surface area contributed by atoms with E-state index < -0.39 is 0 Å². The molecule has 5 heteroatoms. The highest BCUT2D eigenvalue weighted by atomic mass is 32.2. The number of aromatic nitrogens is 2. The molecule has 0 aromatic carbocycles. The first-order valence-corrected chi connectivity index (χ1v) is 4.50. The van der Waals surface area contributed by atoms with Gasteiger partial charge in [-0.25, -0.2) is 4.98 Å². The number of methoxy groups -OCH3 is 1. The maximum atomic E-state index is 5.44. The van der Waals surface area contributed by atoms with Gasteiger partial charge in [-0.05, 0) is 0 Å². The number of nitrogen functional groups attached to an aromatic ring is 1. The zero-order chi connectivity index (χ0) is 8.81. The minimum Gasteiger partial charge on any atom is -0.384 e. The van der Waals surface area contributed by atoms with Crippen LogP contribution in [-0.4, -0.2) is 29.4 Å². The van der Waals surface area contributed by atoms with Gasteiger partial charge >= 0.3 is 0 Å². The first kappa shape index (κ1) is 9.28. The highest BCUT2D eigenvalue weighted by molar-refractivity contribution is 7.99. The Labute approximate surface area is 75.5 Å². The van der Waals surface area contributed by atoms with Crippen LogP contribution in [0.25, 0.3) is 0 Å². The van der Waals surface area contributed by atoms with Gasteiger partial charge in [0.05, 0.1) is 19.0 Å². The number of hydrogen-bond donors (Lipinski definition) is 1. The second-order valence-electron chi connectivity index (χ2n) is 2.12. The van der Waals surface area contributed by atoms with Crippen molar-refractivity contribution < 1.29 is 4.74 Å². The number of hydrogen-bond acceptors (Lipinski definition) is 5. The SMILES string of the molecule is COCCSc1cncc(N)n1. The van der Waals surface area contributed by atoms with Gasteiger partial charge in [0.2, 0.25) is 0 Å². The summed E-state index contributed by atoms with van der Waals surface area (Å²) in [6.07, 6.45) is 3.22. The van der Waals surface area contributed by atoms with Crippen molar-refractivity contribution in [2.24, 2.45) is 0 Å². The summed E-state index contributed by atoms with van der Waals surface area (Å²) in [5.74, 6) is 1.33. The average molecular weight is 185 g/mol. The molecule has 1 aromatic rings. The van der Waals surface area contributed by atoms with Crippen LogP contribution in [0.3, 0.4) is 0 Å². The van der Waals surface area contributed by atoms with Crippen molar-refractivity contribution >= 4 is 17.6 Å². The molecule has 0 saturated heterocycles. The molecule has 0 bridgehead atoms. The Morgan fingerprint density at radius 2 is 2.42 bits per heavy atom. The van der Waals surface area contributed by atoms with Crippen LogP contribution in [0, 0.1) is 0 Å². The van der Waals surface area contributed by atoms with Crippen LogP contribution < -0.4 is 5.73 Å². The van der Waals surface area contributed by atoms with Crippen molar-refractivity contribution in [1.29, 1.82) is 0 Å². The van der Waals surface area contributed by atoms with E-state index in [9.17, 15) is 0 Å². The lowest BCUT2D eigenvalue weighted by Gasteiger charge is -1.99. The maximum Gasteiger partial charge on any atom is 0.143 e. The third-order valence-corrected chi connectivity index (χ3v) is 2.03. The molecule has 1 aromatic heterocycles. The van der Waals surface area contributed by atoms with E-state index in [-0.39, 0.29) is 0 Å². The molecule has 2 N–H and O–H groups in total. The molecule has 66 valence electrons. The molecule has 12 heavy (non-hydrogen) atoms. The molecule has 0 radical (unpaired) electrons. The van der Waals surface area contributed by atoms with Gasteiger partial charge in [-0.2, -0.15) is 0 Å². The largest absolute Gasteiger partial charge is 0.384 e. The second kappa shape index (κ2) is 4.95. The van der Waals surface area contributed by atoms with Crippen molar-refractivity contribution in [3.8, 4) is 0 Å². The number of rotatable bonds is 4. The summed E-state index contributed by atoms with van der Waals surface area (Å²) < 4.78 is 4.89. The molecule has 0 fully saturated rings. The third-order valence-electron chi connectivity index (χ3n) is 1.17. The Hall–Kier alpha value is -0.810. The molecular formula is C7H11N3OS. The number of ether oxygens (including phenoxy) is 1. The summed E-state index contributed by atoms with van der Waals surface area (Å²) in [6.45, 7) is 0.709. The minimum atomic E-state index is 0.456. The van der Waals surface area contributed by atoms with E-state index >= 15 is 0 Å². The molecule has 0 atom stereocenters. The highest BCUT2D eigenvalue weighted by Gasteiger charge is 1.95. The Kier molecular flexibility index (Phi) is 3.83. The van der Waals surface area contributed by atoms with E-state index in [0.29, 0.717) is 12.4 Å². The van der Waals surface area contributed by atoms with E-state index in [4.69, 9.17) is 10.5 Å². The van der Waals surface area contributed by atoms with Crippen LogP contribution in [0.5, 0.6) is 0 Å². The summed E-state index contributed by atoms with van der Waals surface area (Å²) in [6, 6.07) is 0. The quantitative estimate of drug-likeness (QED) is 0.555. The molecule has 1 heterocycles. The van der Waals surface area contributed by atoms with Gasteiger partial charge in [0.1, 0.15) is 10.8 Å². The molecule has 0 aliphatic carbocycles. The fourth-order valence-corrected chi connectivity index (χ4v) is 1.43. The number of nitrogens with two attached hydrogens (primary N) is 1. The number of anilines is 1. The van der Waals surface area contributed by atoms with Crippen LogP contribution >= 0.6 is 11.8 Å². The van der Waals surface area contributed by atoms with Crippen molar-refractivity contribution in [2.45, 2.75) is 5.03 Å². The standard InChI is InChI=1S/C7H11N3OS/c1-11-2-3-12-7-5-9-4-6(8)10-7/h4-5H,2-3H2,1H3,(H2,8,10). The van der Waals surface area contributed by atoms with Crippen molar-refractivity contribution in [2.75, 3.05) is 25.2 Å². The average Bonchev–Trinajstić information content (AvgIpc) is 2.05. The smallest absolute Gasteiger partial charge is 0.143 e. The Bertz CT molecular complexity index is 244. The van der Waals surface area contributed by atoms with E-state index in [2.05, 4.69) is 9.97 Å². The molecule has 0 aliphatic rings. The predicted molar refractivity (Wildman–Crippen MR) is 49.0 cm³/mol. The van der Waals surface area contributed by atoms with Crippen LogP contribution in [0.15, 0.2) is 17.4 Å². The van der Waals surface area contributed by atoms with E-state index in [1.54, 1.807) is 25.1 Å². The van der Waals surface area contributed by atoms with E-state index in [1.807, 2.05) is 0 Å². The maximum absolute atomic E-state index is 5.44. The summed E-state index contributed by atoms with van der Waals surface area (Å²) >= 11 is 1.58. The molecule has 0 amide bonds. The van der Waals surface area contributed by atoms with Crippen LogP contribution in [-0.2, 0) is 4.74 Å². The summed E-state index contributed by atoms with van der Waals surface area (Å²) in [5.41, 5.74) is 5.44.